The van der Waals surface area contributed by atoms with E-state index in [4.69, 9.17) is 10.5 Å². The van der Waals surface area contributed by atoms with E-state index in [0.29, 0.717) is 5.69 Å². The van der Waals surface area contributed by atoms with Crippen molar-refractivity contribution in [1.82, 2.24) is 0 Å². The van der Waals surface area contributed by atoms with E-state index in [1.165, 1.54) is 26.2 Å². The Labute approximate surface area is 116 Å². The first-order valence-corrected chi connectivity index (χ1v) is 6.06. The van der Waals surface area contributed by atoms with E-state index in [0.717, 1.165) is 6.07 Å². The Balaban J connectivity index is 2.72. The van der Waals surface area contributed by atoms with Gasteiger partial charge in [0, 0.05) is 26.3 Å². The molecule has 0 aromatic heterocycles. The van der Waals surface area contributed by atoms with Crippen molar-refractivity contribution in [3.63, 3.8) is 0 Å². The van der Waals surface area contributed by atoms with Crippen molar-refractivity contribution in [2.45, 2.75) is 19.4 Å². The Kier molecular flexibility index (Phi) is 6.08. The minimum atomic E-state index is -0.574. The highest BCUT2D eigenvalue weighted by Crippen LogP contribution is 2.19. The molecule has 0 fully saturated rings. The number of carbonyl (C=O) groups excluding carboxylic acids is 2. The number of amides is 2. The Hall–Kier alpha value is -1.99. The minimum absolute atomic E-state index is 0.0115. The molecule has 1 aromatic carbocycles. The summed E-state index contributed by atoms with van der Waals surface area (Å²) in [4.78, 5) is 22.7. The predicted molar refractivity (Wildman–Crippen MR) is 73.8 cm³/mol. The summed E-state index contributed by atoms with van der Waals surface area (Å²) in [6.45, 7) is 1.50. The first-order chi connectivity index (χ1) is 9.46. The van der Waals surface area contributed by atoms with Gasteiger partial charge in [0.2, 0.25) is 11.8 Å². The molecule has 0 heterocycles. The maximum absolute atomic E-state index is 13.4. The van der Waals surface area contributed by atoms with Crippen LogP contribution in [0.1, 0.15) is 13.3 Å². The zero-order valence-corrected chi connectivity index (χ0v) is 11.4. The molecule has 0 aliphatic heterocycles. The fourth-order valence-corrected chi connectivity index (χ4v) is 1.57. The normalized spacial score (nSPS) is 11.8. The van der Waals surface area contributed by atoms with Gasteiger partial charge in [-0.1, -0.05) is 0 Å². The number of benzene rings is 1. The van der Waals surface area contributed by atoms with Gasteiger partial charge in [-0.2, -0.15) is 0 Å². The fourth-order valence-electron chi connectivity index (χ4n) is 1.57. The summed E-state index contributed by atoms with van der Waals surface area (Å²) in [5, 5.41) is 4.93. The molecule has 2 amide bonds. The molecule has 1 rings (SSSR count). The van der Waals surface area contributed by atoms with Gasteiger partial charge < -0.3 is 21.1 Å². The fraction of sp³-hybridized carbons (Fsp3) is 0.385. The quantitative estimate of drug-likeness (QED) is 0.728. The molecule has 0 spiro atoms. The van der Waals surface area contributed by atoms with Crippen LogP contribution in [0.3, 0.4) is 0 Å². The van der Waals surface area contributed by atoms with Gasteiger partial charge in [-0.05, 0) is 18.2 Å². The first-order valence-electron chi connectivity index (χ1n) is 6.06. The smallest absolute Gasteiger partial charge is 0.227 e. The van der Waals surface area contributed by atoms with Gasteiger partial charge in [0.05, 0.1) is 18.2 Å². The number of nitrogens with two attached hydrogens (primary N) is 1. The number of carbonyl (C=O) groups is 2. The summed E-state index contributed by atoms with van der Waals surface area (Å²) in [5.41, 5.74) is 5.81. The standard InChI is InChI=1S/C13H18FN3O3/c1-8(18)16-12-5-9(3-4-11(12)14)17-13(19)6-10(7-15)20-2/h3-5,10H,6-7,15H2,1-2H3,(H,16,18)(H,17,19). The molecule has 6 nitrogen and oxygen atoms in total. The number of rotatable bonds is 6. The van der Waals surface area contributed by atoms with Crippen LogP contribution >= 0.6 is 0 Å². The summed E-state index contributed by atoms with van der Waals surface area (Å²) in [5.74, 6) is -1.27. The van der Waals surface area contributed by atoms with Gasteiger partial charge >= 0.3 is 0 Å². The molecule has 0 bridgehead atoms. The van der Waals surface area contributed by atoms with Crippen LogP contribution in [0.4, 0.5) is 15.8 Å². The largest absolute Gasteiger partial charge is 0.380 e. The van der Waals surface area contributed by atoms with Gasteiger partial charge in [0.1, 0.15) is 5.82 Å². The Morgan fingerprint density at radius 2 is 2.10 bits per heavy atom. The molecule has 1 atom stereocenters. The molecule has 7 heteroatoms. The van der Waals surface area contributed by atoms with Crippen LogP contribution in [0.5, 0.6) is 0 Å². The van der Waals surface area contributed by atoms with E-state index in [9.17, 15) is 14.0 Å². The lowest BCUT2D eigenvalue weighted by Crippen LogP contribution is -2.28. The van der Waals surface area contributed by atoms with Crippen molar-refractivity contribution in [1.29, 1.82) is 0 Å². The van der Waals surface area contributed by atoms with Crippen LogP contribution in [0.2, 0.25) is 0 Å². The van der Waals surface area contributed by atoms with Crippen LogP contribution < -0.4 is 16.4 Å². The average Bonchev–Trinajstić information content (AvgIpc) is 2.39. The summed E-state index contributed by atoms with van der Waals surface area (Å²) in [7, 11) is 1.47. The second-order valence-corrected chi connectivity index (χ2v) is 4.22. The van der Waals surface area contributed by atoms with E-state index >= 15 is 0 Å². The SMILES string of the molecule is COC(CN)CC(=O)Nc1ccc(F)c(NC(C)=O)c1. The highest BCUT2D eigenvalue weighted by atomic mass is 19.1. The zero-order valence-electron chi connectivity index (χ0n) is 11.4. The molecule has 0 radical (unpaired) electrons. The monoisotopic (exact) mass is 283 g/mol. The first kappa shape index (κ1) is 16.1. The van der Waals surface area contributed by atoms with Crippen LogP contribution in [0, 0.1) is 5.82 Å². The van der Waals surface area contributed by atoms with E-state index < -0.39 is 11.7 Å². The van der Waals surface area contributed by atoms with E-state index in [1.807, 2.05) is 0 Å². The van der Waals surface area contributed by atoms with Crippen LogP contribution in [0.25, 0.3) is 0 Å². The van der Waals surface area contributed by atoms with Crippen molar-refractivity contribution >= 4 is 23.2 Å². The third-order valence-corrected chi connectivity index (χ3v) is 2.57. The topological polar surface area (TPSA) is 93.4 Å². The van der Waals surface area contributed by atoms with Crippen molar-refractivity contribution in [3.05, 3.63) is 24.0 Å². The van der Waals surface area contributed by atoms with Gasteiger partial charge in [0.25, 0.3) is 0 Å². The molecule has 1 unspecified atom stereocenters. The lowest BCUT2D eigenvalue weighted by Gasteiger charge is -2.13. The summed E-state index contributed by atoms with van der Waals surface area (Å²) in [6, 6.07) is 3.92. The van der Waals surface area contributed by atoms with Crippen LogP contribution in [-0.4, -0.2) is 31.6 Å². The molecule has 0 saturated heterocycles. The Morgan fingerprint density at radius 1 is 1.40 bits per heavy atom. The number of hydrogen-bond acceptors (Lipinski definition) is 4. The number of anilines is 2. The molecule has 110 valence electrons. The molecule has 4 N–H and O–H groups in total. The van der Waals surface area contributed by atoms with Crippen molar-refractivity contribution in [2.24, 2.45) is 5.73 Å². The van der Waals surface area contributed by atoms with E-state index in [1.54, 1.807) is 0 Å². The van der Waals surface area contributed by atoms with Gasteiger partial charge in [-0.15, -0.1) is 0 Å². The molecule has 20 heavy (non-hydrogen) atoms. The Bertz CT molecular complexity index is 490. The van der Waals surface area contributed by atoms with Crippen LogP contribution in [0.15, 0.2) is 18.2 Å². The number of ether oxygens (including phenoxy) is 1. The van der Waals surface area contributed by atoms with E-state index in [-0.39, 0.29) is 30.7 Å². The zero-order chi connectivity index (χ0) is 15.1. The second-order valence-electron chi connectivity index (χ2n) is 4.22. The maximum atomic E-state index is 13.4. The summed E-state index contributed by atoms with van der Waals surface area (Å²) in [6.07, 6.45) is -0.273. The van der Waals surface area contributed by atoms with E-state index in [2.05, 4.69) is 10.6 Å². The minimum Gasteiger partial charge on any atom is -0.380 e. The Morgan fingerprint density at radius 3 is 2.65 bits per heavy atom. The predicted octanol–water partition coefficient (Wildman–Crippen LogP) is 1.09. The second kappa shape index (κ2) is 7.56. The third kappa shape index (κ3) is 4.94. The number of nitrogens with one attached hydrogen (secondary N) is 2. The summed E-state index contributed by atoms with van der Waals surface area (Å²) >= 11 is 0. The van der Waals surface area contributed by atoms with Gasteiger partial charge in [-0.3, -0.25) is 9.59 Å². The molecule has 1 aromatic rings. The average molecular weight is 283 g/mol. The molecule has 0 aliphatic rings. The molecular weight excluding hydrogens is 265 g/mol. The highest BCUT2D eigenvalue weighted by Gasteiger charge is 2.12. The number of hydrogen-bond donors (Lipinski definition) is 3. The van der Waals surface area contributed by atoms with Gasteiger partial charge in [-0.25, -0.2) is 4.39 Å². The summed E-state index contributed by atoms with van der Waals surface area (Å²) < 4.78 is 18.4. The van der Waals surface area contributed by atoms with Gasteiger partial charge in [0.15, 0.2) is 0 Å². The van der Waals surface area contributed by atoms with Crippen molar-refractivity contribution in [2.75, 3.05) is 24.3 Å². The number of methoxy groups -OCH3 is 1. The van der Waals surface area contributed by atoms with Crippen molar-refractivity contribution in [3.8, 4) is 0 Å². The molecule has 0 saturated carbocycles. The maximum Gasteiger partial charge on any atom is 0.227 e. The lowest BCUT2D eigenvalue weighted by atomic mass is 10.2. The highest BCUT2D eigenvalue weighted by molar-refractivity contribution is 5.93. The van der Waals surface area contributed by atoms with Crippen LogP contribution in [-0.2, 0) is 14.3 Å². The molecular formula is C13H18FN3O3. The molecule has 0 aliphatic carbocycles. The number of halogens is 1. The third-order valence-electron chi connectivity index (χ3n) is 2.57. The van der Waals surface area contributed by atoms with Crippen molar-refractivity contribution < 1.29 is 18.7 Å². The lowest BCUT2D eigenvalue weighted by molar-refractivity contribution is -0.118.